The van der Waals surface area contributed by atoms with Crippen molar-refractivity contribution in [1.82, 2.24) is 9.97 Å². The third kappa shape index (κ3) is 3.95. The number of benzene rings is 1. The lowest BCUT2D eigenvalue weighted by Gasteiger charge is -2.01. The number of hydrogen-bond donors (Lipinski definition) is 0. The van der Waals surface area contributed by atoms with Crippen LogP contribution in [-0.2, 0) is 0 Å². The fraction of sp³-hybridized carbons (Fsp3) is 0. The van der Waals surface area contributed by atoms with E-state index in [-0.39, 0.29) is 0 Å². The van der Waals surface area contributed by atoms with Crippen LogP contribution in [0.1, 0.15) is 0 Å². The molecule has 0 radical (unpaired) electrons. The first-order valence-electron chi connectivity index (χ1n) is 5.99. The summed E-state index contributed by atoms with van der Waals surface area (Å²) in [6.45, 7) is 0. The van der Waals surface area contributed by atoms with Gasteiger partial charge in [-0.25, -0.2) is 8.78 Å². The molecule has 0 saturated carbocycles. The van der Waals surface area contributed by atoms with Crippen molar-refractivity contribution in [3.8, 4) is 11.3 Å². The quantitative estimate of drug-likeness (QED) is 0.665. The molecule has 0 aliphatic carbocycles. The van der Waals surface area contributed by atoms with Gasteiger partial charge in [0.25, 0.3) is 0 Å². The second kappa shape index (κ2) is 7.09. The van der Waals surface area contributed by atoms with Crippen LogP contribution < -0.4 is 0 Å². The SMILES string of the molecule is Fc1ccc(-c2ccccn2)c(F)c1.c1ccncc1. The third-order valence-electron chi connectivity index (χ3n) is 2.44. The van der Waals surface area contributed by atoms with Gasteiger partial charge in [-0.3, -0.25) is 9.97 Å². The normalized spacial score (nSPS) is 9.50. The Morgan fingerprint density at radius 3 is 2.00 bits per heavy atom. The largest absolute Gasteiger partial charge is 0.265 e. The fourth-order valence-electron chi connectivity index (χ4n) is 1.53. The van der Waals surface area contributed by atoms with Crippen molar-refractivity contribution in [3.63, 3.8) is 0 Å². The van der Waals surface area contributed by atoms with Gasteiger partial charge in [0.05, 0.1) is 5.69 Å². The van der Waals surface area contributed by atoms with E-state index in [0.717, 1.165) is 6.07 Å². The molecule has 0 unspecified atom stereocenters. The van der Waals surface area contributed by atoms with Crippen LogP contribution >= 0.6 is 0 Å². The zero-order valence-electron chi connectivity index (χ0n) is 10.6. The van der Waals surface area contributed by atoms with E-state index in [1.807, 2.05) is 18.2 Å². The smallest absolute Gasteiger partial charge is 0.135 e. The predicted molar refractivity (Wildman–Crippen MR) is 73.8 cm³/mol. The number of halogens is 2. The maximum atomic E-state index is 13.3. The zero-order chi connectivity index (χ0) is 14.2. The molecule has 0 aliphatic heterocycles. The minimum atomic E-state index is -0.594. The summed E-state index contributed by atoms with van der Waals surface area (Å²) in [6.07, 6.45) is 5.07. The molecule has 3 aromatic rings. The van der Waals surface area contributed by atoms with Crippen LogP contribution in [0.4, 0.5) is 8.78 Å². The Morgan fingerprint density at radius 2 is 1.50 bits per heavy atom. The molecule has 3 rings (SSSR count). The predicted octanol–water partition coefficient (Wildman–Crippen LogP) is 4.11. The van der Waals surface area contributed by atoms with Gasteiger partial charge in [0.2, 0.25) is 0 Å². The molecule has 0 amide bonds. The van der Waals surface area contributed by atoms with E-state index >= 15 is 0 Å². The molecular weight excluding hydrogens is 258 g/mol. The van der Waals surface area contributed by atoms with Crippen molar-refractivity contribution < 1.29 is 8.78 Å². The summed E-state index contributed by atoms with van der Waals surface area (Å²) in [6, 6.07) is 14.3. The summed E-state index contributed by atoms with van der Waals surface area (Å²) in [7, 11) is 0. The van der Waals surface area contributed by atoms with Gasteiger partial charge in [-0.05, 0) is 36.4 Å². The molecule has 0 saturated heterocycles. The van der Waals surface area contributed by atoms with Crippen LogP contribution in [-0.4, -0.2) is 9.97 Å². The second-order valence-electron chi connectivity index (χ2n) is 3.86. The van der Waals surface area contributed by atoms with E-state index in [1.165, 1.54) is 12.1 Å². The molecule has 0 atom stereocenters. The second-order valence-corrected chi connectivity index (χ2v) is 3.86. The Balaban J connectivity index is 0.000000205. The van der Waals surface area contributed by atoms with Crippen molar-refractivity contribution in [2.75, 3.05) is 0 Å². The highest BCUT2D eigenvalue weighted by Gasteiger charge is 2.06. The average molecular weight is 270 g/mol. The van der Waals surface area contributed by atoms with Crippen molar-refractivity contribution in [2.24, 2.45) is 0 Å². The summed E-state index contributed by atoms with van der Waals surface area (Å²) in [4.78, 5) is 7.76. The van der Waals surface area contributed by atoms with E-state index in [4.69, 9.17) is 0 Å². The lowest BCUT2D eigenvalue weighted by Crippen LogP contribution is -1.88. The maximum absolute atomic E-state index is 13.3. The van der Waals surface area contributed by atoms with E-state index < -0.39 is 11.6 Å². The van der Waals surface area contributed by atoms with E-state index in [0.29, 0.717) is 11.3 Å². The van der Waals surface area contributed by atoms with E-state index in [2.05, 4.69) is 9.97 Å². The maximum Gasteiger partial charge on any atom is 0.135 e. The molecule has 2 nitrogen and oxygen atoms in total. The summed E-state index contributed by atoms with van der Waals surface area (Å²) in [5, 5.41) is 0. The molecule has 0 aliphatic rings. The fourth-order valence-corrected chi connectivity index (χ4v) is 1.53. The van der Waals surface area contributed by atoms with Crippen LogP contribution in [0.2, 0.25) is 0 Å². The molecule has 0 fully saturated rings. The monoisotopic (exact) mass is 270 g/mol. The van der Waals surface area contributed by atoms with Gasteiger partial charge < -0.3 is 0 Å². The van der Waals surface area contributed by atoms with Crippen LogP contribution in [0.25, 0.3) is 11.3 Å². The van der Waals surface area contributed by atoms with Gasteiger partial charge in [-0.15, -0.1) is 0 Å². The summed E-state index contributed by atoms with van der Waals surface area (Å²) in [5.74, 6) is -1.18. The Hall–Kier alpha value is -2.62. The highest BCUT2D eigenvalue weighted by Crippen LogP contribution is 2.20. The molecule has 0 N–H and O–H groups in total. The summed E-state index contributed by atoms with van der Waals surface area (Å²) >= 11 is 0. The summed E-state index contributed by atoms with van der Waals surface area (Å²) in [5.41, 5.74) is 0.817. The van der Waals surface area contributed by atoms with Crippen molar-refractivity contribution in [1.29, 1.82) is 0 Å². The van der Waals surface area contributed by atoms with Crippen molar-refractivity contribution in [3.05, 3.63) is 84.8 Å². The number of aromatic nitrogens is 2. The Labute approximate surface area is 115 Å². The molecule has 2 heterocycles. The first-order valence-corrected chi connectivity index (χ1v) is 5.99. The molecule has 20 heavy (non-hydrogen) atoms. The van der Waals surface area contributed by atoms with Gasteiger partial charge in [-0.2, -0.15) is 0 Å². The lowest BCUT2D eigenvalue weighted by molar-refractivity contribution is 0.585. The Morgan fingerprint density at radius 1 is 0.750 bits per heavy atom. The summed E-state index contributed by atoms with van der Waals surface area (Å²) < 4.78 is 25.9. The average Bonchev–Trinajstić information content (AvgIpc) is 2.50. The molecule has 0 bridgehead atoms. The standard InChI is InChI=1S/C11H7F2N.C5H5N/c12-8-4-5-9(10(13)7-8)11-3-1-2-6-14-11;1-2-4-6-5-3-1/h1-7H;1-5H. The highest BCUT2D eigenvalue weighted by molar-refractivity contribution is 5.59. The van der Waals surface area contributed by atoms with Gasteiger partial charge >= 0.3 is 0 Å². The lowest BCUT2D eigenvalue weighted by atomic mass is 10.1. The van der Waals surface area contributed by atoms with Gasteiger partial charge in [0, 0.05) is 30.2 Å². The minimum Gasteiger partial charge on any atom is -0.265 e. The number of pyridine rings is 2. The number of nitrogens with zero attached hydrogens (tertiary/aromatic N) is 2. The van der Waals surface area contributed by atoms with Gasteiger partial charge in [0.15, 0.2) is 0 Å². The molecule has 4 heteroatoms. The van der Waals surface area contributed by atoms with Crippen LogP contribution in [0, 0.1) is 11.6 Å². The Bertz CT molecular complexity index is 616. The molecule has 2 aromatic heterocycles. The zero-order valence-corrected chi connectivity index (χ0v) is 10.6. The van der Waals surface area contributed by atoms with Crippen molar-refractivity contribution in [2.45, 2.75) is 0 Å². The van der Waals surface area contributed by atoms with Crippen LogP contribution in [0.15, 0.2) is 73.2 Å². The Kier molecular flexibility index (Phi) is 4.89. The topological polar surface area (TPSA) is 25.8 Å². The molecule has 100 valence electrons. The highest BCUT2D eigenvalue weighted by atomic mass is 19.1. The first kappa shape index (κ1) is 13.8. The molecule has 1 aromatic carbocycles. The molecular formula is C16H12F2N2. The number of rotatable bonds is 1. The van der Waals surface area contributed by atoms with Gasteiger partial charge in [-0.1, -0.05) is 12.1 Å². The minimum absolute atomic E-state index is 0.312. The molecule has 0 spiro atoms. The first-order chi connectivity index (χ1) is 9.77. The van der Waals surface area contributed by atoms with E-state index in [9.17, 15) is 8.78 Å². The van der Waals surface area contributed by atoms with Gasteiger partial charge in [0.1, 0.15) is 11.6 Å². The van der Waals surface area contributed by atoms with Crippen LogP contribution in [0.3, 0.4) is 0 Å². The van der Waals surface area contributed by atoms with Crippen LogP contribution in [0.5, 0.6) is 0 Å². The van der Waals surface area contributed by atoms with Crippen molar-refractivity contribution >= 4 is 0 Å². The third-order valence-corrected chi connectivity index (χ3v) is 2.44. The number of hydrogen-bond acceptors (Lipinski definition) is 2. The van der Waals surface area contributed by atoms with E-state index in [1.54, 1.807) is 36.8 Å².